The summed E-state index contributed by atoms with van der Waals surface area (Å²) >= 11 is 8.13. The van der Waals surface area contributed by atoms with Gasteiger partial charge in [-0.15, -0.1) is 0 Å². The molecule has 0 aliphatic heterocycles. The highest BCUT2D eigenvalue weighted by atomic mass is 35.5. The van der Waals surface area contributed by atoms with Crippen LogP contribution in [0.2, 0.25) is 0 Å². The summed E-state index contributed by atoms with van der Waals surface area (Å²) < 4.78 is 22.9. The van der Waals surface area contributed by atoms with E-state index < -0.39 is 16.9 Å². The third-order valence-corrected chi connectivity index (χ3v) is 0.623. The van der Waals surface area contributed by atoms with Crippen molar-refractivity contribution in [3.8, 4) is 0 Å². The predicted molar refractivity (Wildman–Crippen MR) is 28.0 cm³/mol. The van der Waals surface area contributed by atoms with E-state index in [-0.39, 0.29) is 0 Å². The van der Waals surface area contributed by atoms with E-state index in [0.29, 0.717) is 0 Å². The third kappa shape index (κ3) is 6.04. The summed E-state index contributed by atoms with van der Waals surface area (Å²) in [6, 6.07) is 0. The van der Waals surface area contributed by atoms with E-state index in [2.05, 4.69) is 24.2 Å². The van der Waals surface area contributed by atoms with Crippen molar-refractivity contribution < 1.29 is 13.6 Å². The maximum absolute atomic E-state index is 11.5. The number of halogens is 3. The van der Waals surface area contributed by atoms with E-state index in [4.69, 9.17) is 0 Å². The van der Waals surface area contributed by atoms with E-state index in [0.717, 1.165) is 0 Å². The summed E-state index contributed by atoms with van der Waals surface area (Å²) in [6.45, 7) is 0. The average molecular weight is 160 g/mol. The van der Waals surface area contributed by atoms with Crippen molar-refractivity contribution in [3.05, 3.63) is 0 Å². The number of carbonyl (C=O) groups is 1. The normalized spacial score (nSPS) is 11.4. The number of hydrogen-bond donors (Lipinski definition) is 0. The first-order valence-corrected chi connectivity index (χ1v) is 2.47. The second-order valence-corrected chi connectivity index (χ2v) is 2.17. The van der Waals surface area contributed by atoms with Gasteiger partial charge in [-0.05, 0) is 24.2 Å². The lowest BCUT2D eigenvalue weighted by Crippen LogP contribution is -2.08. The quantitative estimate of drug-likeness (QED) is 0.563. The second kappa shape index (κ2) is 2.55. The van der Waals surface area contributed by atoms with Gasteiger partial charge in [-0.25, -0.2) is 0 Å². The van der Waals surface area contributed by atoms with Crippen molar-refractivity contribution in [3.63, 3.8) is 0 Å². The number of rotatable bonds is 2. The Balaban J connectivity index is 3.55. The molecule has 0 aromatic carbocycles. The van der Waals surface area contributed by atoms with Gasteiger partial charge in [-0.1, -0.05) is 0 Å². The molecule has 0 aliphatic rings. The molecule has 0 fully saturated rings. The Morgan fingerprint density at radius 2 is 2.12 bits per heavy atom. The summed E-state index contributed by atoms with van der Waals surface area (Å²) in [5, 5.41) is -4.48. The zero-order valence-corrected chi connectivity index (χ0v) is 5.23. The van der Waals surface area contributed by atoms with Gasteiger partial charge in [0.25, 0.3) is 0 Å². The van der Waals surface area contributed by atoms with E-state index in [1.165, 1.54) is 0 Å². The first-order valence-electron chi connectivity index (χ1n) is 1.68. The van der Waals surface area contributed by atoms with Gasteiger partial charge in [-0.3, -0.25) is 4.79 Å². The summed E-state index contributed by atoms with van der Waals surface area (Å²) in [5.74, 6) is 0. The van der Waals surface area contributed by atoms with Gasteiger partial charge in [-0.2, -0.15) is 8.78 Å². The largest absolute Gasteiger partial charge is 0.329 e. The van der Waals surface area contributed by atoms with Gasteiger partial charge in [0.15, 0.2) is 0 Å². The zero-order chi connectivity index (χ0) is 6.78. The van der Waals surface area contributed by atoms with Crippen LogP contribution in [0.4, 0.5) is 8.78 Å². The van der Waals surface area contributed by atoms with Crippen molar-refractivity contribution in [2.24, 2.45) is 0 Å². The Labute approximate surface area is 55.4 Å². The van der Waals surface area contributed by atoms with Crippen LogP contribution in [0, 0.1) is 0 Å². The maximum Gasteiger partial charge on any atom is 0.329 e. The van der Waals surface area contributed by atoms with Crippen LogP contribution < -0.4 is 0 Å². The Hall–Kier alpha value is 0.0400. The molecule has 0 rings (SSSR count). The van der Waals surface area contributed by atoms with Crippen LogP contribution in [0.1, 0.15) is 6.42 Å². The molecule has 1 nitrogen and oxygen atoms in total. The zero-order valence-electron chi connectivity index (χ0n) is 3.66. The van der Waals surface area contributed by atoms with Gasteiger partial charge < -0.3 is 0 Å². The Bertz CT molecular complexity index is 99.9. The molecule has 0 heterocycles. The van der Waals surface area contributed by atoms with Gasteiger partial charge >= 0.3 is 5.38 Å². The van der Waals surface area contributed by atoms with Crippen molar-refractivity contribution in [2.75, 3.05) is 0 Å². The lowest BCUT2D eigenvalue weighted by molar-refractivity contribution is -0.114. The number of alkyl halides is 3. The molecule has 0 amide bonds. The molecule has 5 heteroatoms. The lowest BCUT2D eigenvalue weighted by atomic mass is 10.5. The molecule has 0 saturated carbocycles. The van der Waals surface area contributed by atoms with Crippen molar-refractivity contribution in [2.45, 2.75) is 11.8 Å². The first kappa shape index (κ1) is 8.04. The molecule has 8 heavy (non-hydrogen) atoms. The van der Waals surface area contributed by atoms with Crippen LogP contribution in [-0.2, 0) is 4.79 Å². The fraction of sp³-hybridized carbons (Fsp3) is 0.667. The van der Waals surface area contributed by atoms with Gasteiger partial charge in [0.05, 0.1) is 0 Å². The molecule has 1 radical (unpaired) electrons. The second-order valence-electron chi connectivity index (χ2n) is 1.16. The van der Waals surface area contributed by atoms with Crippen LogP contribution in [-0.4, -0.2) is 10.5 Å². The number of carbonyl (C=O) groups excluding carboxylic acids is 1. The predicted octanol–water partition coefficient (Wildman–Crippen LogP) is 1.93. The standard InChI is InChI=1S/C3H2ClF2OS/c4-3(5,6)1-2(7)8/h1H2. The highest BCUT2D eigenvalue weighted by molar-refractivity contribution is 7.96. The average Bonchev–Trinajstić information content (AvgIpc) is 1.21. The van der Waals surface area contributed by atoms with E-state index >= 15 is 0 Å². The molecule has 0 aliphatic carbocycles. The Morgan fingerprint density at radius 1 is 1.75 bits per heavy atom. The lowest BCUT2D eigenvalue weighted by Gasteiger charge is -2.00. The minimum absolute atomic E-state index is 1.02. The highest BCUT2D eigenvalue weighted by Gasteiger charge is 2.27. The number of hydrogen-bond acceptors (Lipinski definition) is 1. The fourth-order valence-corrected chi connectivity index (χ4v) is 0.546. The van der Waals surface area contributed by atoms with Gasteiger partial charge in [0.1, 0.15) is 6.42 Å². The van der Waals surface area contributed by atoms with Crippen molar-refractivity contribution in [1.82, 2.24) is 0 Å². The molecule has 0 N–H and O–H groups in total. The molecule has 0 atom stereocenters. The van der Waals surface area contributed by atoms with Gasteiger partial charge in [0.2, 0.25) is 5.12 Å². The molecule has 47 valence electrons. The molecule has 0 bridgehead atoms. The molecular formula is C3H2ClF2OS. The van der Waals surface area contributed by atoms with Crippen LogP contribution in [0.25, 0.3) is 0 Å². The topological polar surface area (TPSA) is 17.1 Å². The van der Waals surface area contributed by atoms with Crippen LogP contribution >= 0.6 is 24.2 Å². The first-order chi connectivity index (χ1) is 3.42. The SMILES string of the molecule is O=C([S])CC(F)(F)Cl. The Morgan fingerprint density at radius 3 is 2.12 bits per heavy atom. The fourth-order valence-electron chi connectivity index (χ4n) is 0.164. The third-order valence-electron chi connectivity index (χ3n) is 0.345. The van der Waals surface area contributed by atoms with Crippen LogP contribution in [0.3, 0.4) is 0 Å². The van der Waals surface area contributed by atoms with Gasteiger partial charge in [0, 0.05) is 0 Å². The van der Waals surface area contributed by atoms with Crippen LogP contribution in [0.5, 0.6) is 0 Å². The molecule has 0 aromatic rings. The molecule has 0 unspecified atom stereocenters. The highest BCUT2D eigenvalue weighted by Crippen LogP contribution is 2.23. The van der Waals surface area contributed by atoms with Crippen molar-refractivity contribution in [1.29, 1.82) is 0 Å². The smallest absolute Gasteiger partial charge is 0.282 e. The Kier molecular flexibility index (Phi) is 2.56. The van der Waals surface area contributed by atoms with E-state index in [1.807, 2.05) is 0 Å². The molecule has 0 spiro atoms. The summed E-state index contributed by atoms with van der Waals surface area (Å²) in [6.07, 6.45) is -1.07. The van der Waals surface area contributed by atoms with E-state index in [1.54, 1.807) is 0 Å². The van der Waals surface area contributed by atoms with E-state index in [9.17, 15) is 13.6 Å². The summed E-state index contributed by atoms with van der Waals surface area (Å²) in [5.41, 5.74) is 0. The van der Waals surface area contributed by atoms with Crippen molar-refractivity contribution >= 4 is 29.3 Å². The summed E-state index contributed by atoms with van der Waals surface area (Å²) in [4.78, 5) is 9.71. The minimum Gasteiger partial charge on any atom is -0.282 e. The maximum atomic E-state index is 11.5. The molecular weight excluding hydrogens is 158 g/mol. The van der Waals surface area contributed by atoms with Crippen LogP contribution in [0.15, 0.2) is 0 Å². The monoisotopic (exact) mass is 159 g/mol. The molecule has 0 aromatic heterocycles. The molecule has 0 saturated heterocycles. The minimum atomic E-state index is -3.46. The summed E-state index contributed by atoms with van der Waals surface area (Å²) in [7, 11) is 0.